The van der Waals surface area contributed by atoms with Crippen molar-refractivity contribution in [3.05, 3.63) is 234 Å². The van der Waals surface area contributed by atoms with E-state index in [2.05, 4.69) is 53.2 Å². The smallest absolute Gasteiger partial charge is 0.850 e. The molecular formula is C86H103Cl5F8KNO23S11. The molecule has 2 N–H and O–H groups in total. The third-order valence-corrected chi connectivity index (χ3v) is 34.7. The first-order chi connectivity index (χ1) is 62.0. The van der Waals surface area contributed by atoms with Crippen molar-refractivity contribution < 1.29 is 188 Å². The molecule has 0 spiro atoms. The summed E-state index contributed by atoms with van der Waals surface area (Å²) < 4.78 is 316. The molecule has 5 heterocycles. The van der Waals surface area contributed by atoms with Gasteiger partial charge in [0, 0.05) is 89.0 Å². The Bertz CT molecular complexity index is 6050. The predicted octanol–water partition coefficient (Wildman–Crippen LogP) is 14.5. The van der Waals surface area contributed by atoms with Crippen LogP contribution in [0, 0.1) is 70.2 Å². The number of hydrogen-bond donors (Lipinski definition) is 3. The van der Waals surface area contributed by atoms with Gasteiger partial charge in [0.25, 0.3) is 20.2 Å². The van der Waals surface area contributed by atoms with Gasteiger partial charge in [-0.2, -0.15) is 64.8 Å². The second-order valence-electron chi connectivity index (χ2n) is 30.4. The fraction of sp³-hybridized carbons (Fsp3) is 0.442. The Hall–Kier alpha value is -3.70. The number of rotatable bonds is 25. The molecule has 5 aliphatic heterocycles. The minimum absolute atomic E-state index is 0. The topological polar surface area (TPSA) is 361 Å². The van der Waals surface area contributed by atoms with Crippen molar-refractivity contribution in [3.63, 3.8) is 0 Å². The molecule has 8 atom stereocenters. The van der Waals surface area contributed by atoms with Gasteiger partial charge in [-0.25, -0.2) is 77.2 Å². The Labute approximate surface area is 870 Å². The number of ether oxygens (including phenoxy) is 4. The van der Waals surface area contributed by atoms with E-state index in [9.17, 15) is 99.2 Å². The molecule has 0 radical (unpaired) electrons. The summed E-state index contributed by atoms with van der Waals surface area (Å²) in [5.74, 6) is -8.44. The SMILES string of the molecule is C.CC(C)(C)[O-].CCN(CC)CC.CS(=O)(=O)Cl.CS(=O)(=O)OCCSC[C@H]1COc2c(F)ccc(F)c2[C@@H]1S(=O)(=O)c1ccc(Cl)cc1.CS(=O)(=O)OC[C@H]1COc2c(F)ccc(F)c2[C@@H]1S(=O)(=O)c1ccc(Cl)cc1.O=S(=O)(c1ccc(Cl)cc1)[C@@]12CCSC[C@@H]1COc1c(F)ccc(F)c12.O=S(=O)(c1ccc(Cl)cc1)[C@H]1c2c(F)ccc(F)c2OC[C@@H]1CSCCO.OCCS.[K+]. The first-order valence-electron chi connectivity index (χ1n) is 40.0. The first-order valence-corrected chi connectivity index (χ1v) is 58.1. The van der Waals surface area contributed by atoms with Crippen molar-refractivity contribution in [2.24, 2.45) is 23.7 Å². The van der Waals surface area contributed by atoms with Crippen molar-refractivity contribution >= 4 is 174 Å². The van der Waals surface area contributed by atoms with E-state index in [1.54, 1.807) is 32.5 Å². The number of thioether (sulfide) groups is 3. The summed E-state index contributed by atoms with van der Waals surface area (Å²) in [6, 6.07) is 29.1. The Balaban J connectivity index is 0.000000349. The second-order valence-corrected chi connectivity index (χ2v) is 50.8. The first kappa shape index (κ1) is 124. The minimum Gasteiger partial charge on any atom is -0.850 e. The summed E-state index contributed by atoms with van der Waals surface area (Å²) in [6.45, 7) is 13.9. The largest absolute Gasteiger partial charge is 1.00 e. The van der Waals surface area contributed by atoms with Crippen LogP contribution in [0.1, 0.15) is 93.4 Å². The van der Waals surface area contributed by atoms with Crippen molar-refractivity contribution in [2.75, 3.05) is 132 Å². The van der Waals surface area contributed by atoms with E-state index in [-0.39, 0.29) is 171 Å². The van der Waals surface area contributed by atoms with E-state index in [1.165, 1.54) is 140 Å². The number of nitrogens with zero attached hydrogens (tertiary/aromatic N) is 1. The number of fused-ring (bicyclic) bond motifs is 6. The third-order valence-electron chi connectivity index (χ3n) is 19.7. The molecule has 0 bridgehead atoms. The number of hydrogen-bond acceptors (Lipinski definition) is 28. The standard InChI is InChI=1S/C19H19ClF2O6S3.C18H17ClF2O4S2.C18H15ClF2O3S2.C17H15ClF2O6S2.C6H15N.C4H9O.C2H6OS.CH3ClO2S.CH4.K/c1-30(23,24)28-8-9-29-11-12-10-27-18-16(22)7-6-15(21)17(18)19(12)31(25,26)14-4-2-13(20)3-5-14;19-12-1-3-13(4-2-12)27(23,24)18-11(10-26-8-7-22)9-25-17-15(21)6-5-14(20)16(17)18;19-12-1-3-13(4-2-12)26(22,23)18-7-8-25-10-11(18)9-24-17-15(21)6-5-14(20)16(17)18;1-27(21,22)26-9-10-8-25-16-14(20)7-6-13(19)15(16)17(10)28(23,24)12-4-2-11(18)3-5-12;1-4-7(5-2)6-3;1-4(2,3)5;3-1-2-4;1-5(2,3)4;;/h2-7,12,19H,8-11H2,1H3;1-6,11,18,22H,7-10H2;1-6,11H,7-10H2;2-7,10,17H,8-9H2,1H3;4-6H2,1-3H3;1-3H3;3-4H,1-2H2;1H3;1H4;/q;;;;;-1;;;;+1/t12-,19-;2*11-,18-;10-,17-;;;;;;/m1101....../s1. The van der Waals surface area contributed by atoms with Crippen molar-refractivity contribution in [1.29, 1.82) is 0 Å². The van der Waals surface area contributed by atoms with Crippen LogP contribution in [0.3, 0.4) is 0 Å². The normalized spacial score (nSPS) is 18.8. The van der Waals surface area contributed by atoms with E-state index >= 15 is 0 Å². The molecule has 0 saturated carbocycles. The van der Waals surface area contributed by atoms with E-state index in [4.69, 9.17) is 79.7 Å². The number of sulfone groups is 4. The zero-order valence-electron chi connectivity index (χ0n) is 73.7. The van der Waals surface area contributed by atoms with Crippen LogP contribution in [-0.2, 0) is 81.7 Å². The molecule has 0 aliphatic carbocycles. The molecule has 0 aromatic heterocycles. The zero-order valence-corrected chi connectivity index (χ0v) is 89.7. The fourth-order valence-electron chi connectivity index (χ4n) is 13.9. The summed E-state index contributed by atoms with van der Waals surface area (Å²) in [5, 5.41) is 24.0. The van der Waals surface area contributed by atoms with Crippen LogP contribution in [0.5, 0.6) is 23.0 Å². The maximum atomic E-state index is 14.8. The summed E-state index contributed by atoms with van der Waals surface area (Å²) in [7, 11) is -22.6. The Kier molecular flexibility index (Phi) is 50.7. The maximum absolute atomic E-state index is 14.8. The van der Waals surface area contributed by atoms with Gasteiger partial charge in [-0.15, -0.1) is 5.60 Å². The monoisotopic (exact) mass is 2240 g/mol. The van der Waals surface area contributed by atoms with Gasteiger partial charge in [-0.1, -0.05) is 95.4 Å². The third kappa shape index (κ3) is 35.4. The van der Waals surface area contributed by atoms with Crippen LogP contribution in [0.4, 0.5) is 35.1 Å². The predicted molar refractivity (Wildman–Crippen MR) is 513 cm³/mol. The summed E-state index contributed by atoms with van der Waals surface area (Å²) in [6.07, 6.45) is 2.85. The molecule has 1 fully saturated rings. The van der Waals surface area contributed by atoms with Gasteiger partial charge in [0.15, 0.2) is 85.6 Å². The van der Waals surface area contributed by atoms with Crippen LogP contribution >= 0.6 is 105 Å². The van der Waals surface area contributed by atoms with Crippen LogP contribution in [0.25, 0.3) is 0 Å². The Morgan fingerprint density at radius 3 is 1.09 bits per heavy atom. The van der Waals surface area contributed by atoms with Gasteiger partial charge >= 0.3 is 51.4 Å². The number of halogens is 13. The Morgan fingerprint density at radius 1 is 0.474 bits per heavy atom. The molecule has 0 unspecified atom stereocenters. The molecule has 135 heavy (non-hydrogen) atoms. The van der Waals surface area contributed by atoms with Gasteiger partial charge < -0.3 is 39.2 Å². The molecule has 0 amide bonds. The fourth-order valence-corrected chi connectivity index (χ4v) is 27.3. The second kappa shape index (κ2) is 55.4. The van der Waals surface area contributed by atoms with E-state index < -0.39 is 189 Å². The number of aliphatic hydroxyl groups is 2. The van der Waals surface area contributed by atoms with Crippen molar-refractivity contribution in [2.45, 2.75) is 101 Å². The molecular weight excluding hydrogens is 2140 g/mol. The van der Waals surface area contributed by atoms with E-state index in [1.807, 2.05) is 0 Å². The van der Waals surface area contributed by atoms with Gasteiger partial charge in [0.2, 0.25) is 9.05 Å². The average Bonchev–Trinajstić information content (AvgIpc) is 0.699. The minimum atomic E-state index is -4.27. The molecule has 13 rings (SSSR count). The number of thiol groups is 1. The number of aliphatic hydroxyl groups excluding tert-OH is 2. The van der Waals surface area contributed by atoms with Gasteiger partial charge in [0.1, 0.15) is 43.8 Å². The average molecular weight is 2240 g/mol. The molecule has 8 aromatic carbocycles. The summed E-state index contributed by atoms with van der Waals surface area (Å²) in [4.78, 5) is 2.15. The Morgan fingerprint density at radius 2 is 0.770 bits per heavy atom. The molecule has 748 valence electrons. The van der Waals surface area contributed by atoms with Crippen molar-refractivity contribution in [1.82, 2.24) is 4.90 Å². The summed E-state index contributed by atoms with van der Waals surface area (Å²) in [5.41, 5.74) is -2.06. The van der Waals surface area contributed by atoms with Gasteiger partial charge in [-0.05, 0) is 177 Å². The maximum Gasteiger partial charge on any atom is 1.00 e. The zero-order chi connectivity index (χ0) is 99.7. The molecule has 24 nitrogen and oxygen atoms in total. The molecule has 1 saturated heterocycles. The van der Waals surface area contributed by atoms with Crippen LogP contribution < -0.4 is 75.4 Å². The van der Waals surface area contributed by atoms with Gasteiger partial charge in [-0.3, -0.25) is 8.37 Å². The molecule has 49 heteroatoms. The molecule has 8 aromatic rings. The molecule has 5 aliphatic rings. The van der Waals surface area contributed by atoms with Gasteiger partial charge in [0.05, 0.1) is 113 Å². The number of benzene rings is 8. The van der Waals surface area contributed by atoms with Crippen LogP contribution in [0.15, 0.2) is 165 Å². The summed E-state index contributed by atoms with van der Waals surface area (Å²) >= 11 is 31.2. The van der Waals surface area contributed by atoms with Crippen molar-refractivity contribution in [3.8, 4) is 23.0 Å². The van der Waals surface area contributed by atoms with E-state index in [0.717, 1.165) is 67.3 Å². The van der Waals surface area contributed by atoms with Crippen LogP contribution in [0.2, 0.25) is 20.1 Å². The van der Waals surface area contributed by atoms with E-state index in [0.29, 0.717) is 48.9 Å². The van der Waals surface area contributed by atoms with Crippen LogP contribution in [-0.4, -0.2) is 211 Å². The quantitative estimate of drug-likeness (QED) is 0.0119.